The van der Waals surface area contributed by atoms with E-state index in [0.717, 1.165) is 52.0 Å². The molecule has 2 rings (SSSR count). The van der Waals surface area contributed by atoms with Gasteiger partial charge in [0, 0.05) is 44.9 Å². The van der Waals surface area contributed by atoms with Gasteiger partial charge >= 0.3 is 5.97 Å². The zero-order valence-electron chi connectivity index (χ0n) is 11.2. The number of carbonyl (C=O) groups is 1. The van der Waals surface area contributed by atoms with Crippen LogP contribution < -0.4 is 0 Å². The second-order valence-corrected chi connectivity index (χ2v) is 5.55. The quantitative estimate of drug-likeness (QED) is 0.803. The minimum absolute atomic E-state index is 0.177. The lowest BCUT2D eigenvalue weighted by Gasteiger charge is -2.46. The maximum atomic E-state index is 11.2. The number of aliphatic carboxylic acids is 1. The summed E-state index contributed by atoms with van der Waals surface area (Å²) in [7, 11) is 2.12. The summed E-state index contributed by atoms with van der Waals surface area (Å²) < 4.78 is 5.51. The standard InChI is InChI=1S/C13H24N2O3/c1-14-5-7-15(8-6-14)13(11-12(16)17)3-2-9-18-10-4-13/h2-11H2,1H3,(H,16,17). The first kappa shape index (κ1) is 13.8. The van der Waals surface area contributed by atoms with Gasteiger partial charge in [-0.2, -0.15) is 0 Å². The van der Waals surface area contributed by atoms with E-state index in [-0.39, 0.29) is 12.0 Å². The molecule has 5 nitrogen and oxygen atoms in total. The Balaban J connectivity index is 2.09. The predicted octanol–water partition coefficient (Wildman–Crippen LogP) is 0.648. The number of nitrogens with zero attached hydrogens (tertiary/aromatic N) is 2. The fourth-order valence-electron chi connectivity index (χ4n) is 3.16. The lowest BCUT2D eigenvalue weighted by molar-refractivity contribution is -0.141. The molecule has 0 bridgehead atoms. The average Bonchev–Trinajstić information content (AvgIpc) is 2.55. The molecule has 1 unspecified atom stereocenters. The normalized spacial score (nSPS) is 32.1. The molecule has 2 aliphatic rings. The Hall–Kier alpha value is -0.650. The van der Waals surface area contributed by atoms with E-state index >= 15 is 0 Å². The number of carboxylic acids is 1. The van der Waals surface area contributed by atoms with E-state index in [0.29, 0.717) is 6.61 Å². The summed E-state index contributed by atoms with van der Waals surface area (Å²) in [6.07, 6.45) is 3.02. The van der Waals surface area contributed by atoms with Crippen LogP contribution in [0.1, 0.15) is 25.7 Å². The van der Waals surface area contributed by atoms with Crippen LogP contribution in [0.15, 0.2) is 0 Å². The molecule has 104 valence electrons. The fraction of sp³-hybridized carbons (Fsp3) is 0.923. The van der Waals surface area contributed by atoms with Gasteiger partial charge in [0.05, 0.1) is 6.42 Å². The third-order valence-electron chi connectivity index (χ3n) is 4.30. The molecule has 2 fully saturated rings. The molecule has 0 aromatic rings. The SMILES string of the molecule is CN1CCN(C2(CC(=O)O)CCCOCC2)CC1. The zero-order chi connectivity index (χ0) is 13.0. The van der Waals surface area contributed by atoms with Gasteiger partial charge < -0.3 is 14.7 Å². The molecule has 2 saturated heterocycles. The van der Waals surface area contributed by atoms with Crippen LogP contribution in [0.2, 0.25) is 0 Å². The number of hydrogen-bond acceptors (Lipinski definition) is 4. The highest BCUT2D eigenvalue weighted by molar-refractivity contribution is 5.68. The number of ether oxygens (including phenoxy) is 1. The van der Waals surface area contributed by atoms with Gasteiger partial charge in [-0.15, -0.1) is 0 Å². The van der Waals surface area contributed by atoms with Crippen LogP contribution in [0.3, 0.4) is 0 Å². The summed E-state index contributed by atoms with van der Waals surface area (Å²) in [6.45, 7) is 5.48. The second kappa shape index (κ2) is 5.99. The van der Waals surface area contributed by atoms with E-state index in [1.54, 1.807) is 0 Å². The molecule has 1 N–H and O–H groups in total. The average molecular weight is 256 g/mol. The first-order chi connectivity index (χ1) is 8.62. The molecular formula is C13H24N2O3. The number of rotatable bonds is 3. The molecule has 0 saturated carbocycles. The van der Waals surface area contributed by atoms with Gasteiger partial charge in [-0.3, -0.25) is 9.69 Å². The highest BCUT2D eigenvalue weighted by atomic mass is 16.5. The van der Waals surface area contributed by atoms with Crippen molar-refractivity contribution in [3.05, 3.63) is 0 Å². The second-order valence-electron chi connectivity index (χ2n) is 5.55. The summed E-state index contributed by atoms with van der Waals surface area (Å²) >= 11 is 0. The highest BCUT2D eigenvalue weighted by Crippen LogP contribution is 2.32. The minimum Gasteiger partial charge on any atom is -0.481 e. The van der Waals surface area contributed by atoms with Crippen molar-refractivity contribution in [2.24, 2.45) is 0 Å². The summed E-state index contributed by atoms with van der Waals surface area (Å²) in [6, 6.07) is 0. The van der Waals surface area contributed by atoms with Gasteiger partial charge in [0.2, 0.25) is 0 Å². The van der Waals surface area contributed by atoms with Gasteiger partial charge in [-0.1, -0.05) is 0 Å². The monoisotopic (exact) mass is 256 g/mol. The Morgan fingerprint density at radius 2 is 1.94 bits per heavy atom. The summed E-state index contributed by atoms with van der Waals surface area (Å²) in [4.78, 5) is 15.9. The van der Waals surface area contributed by atoms with Crippen molar-refractivity contribution in [1.82, 2.24) is 9.80 Å². The maximum Gasteiger partial charge on any atom is 0.305 e. The van der Waals surface area contributed by atoms with Crippen LogP contribution in [0.4, 0.5) is 0 Å². The smallest absolute Gasteiger partial charge is 0.305 e. The van der Waals surface area contributed by atoms with Gasteiger partial charge in [-0.25, -0.2) is 0 Å². The van der Waals surface area contributed by atoms with Crippen molar-refractivity contribution < 1.29 is 14.6 Å². The van der Waals surface area contributed by atoms with E-state index in [2.05, 4.69) is 16.8 Å². The predicted molar refractivity (Wildman–Crippen MR) is 68.7 cm³/mol. The van der Waals surface area contributed by atoms with Crippen molar-refractivity contribution in [2.45, 2.75) is 31.2 Å². The molecular weight excluding hydrogens is 232 g/mol. The van der Waals surface area contributed by atoms with Crippen molar-refractivity contribution in [3.63, 3.8) is 0 Å². The molecule has 0 aromatic carbocycles. The Kier molecular flexibility index (Phi) is 4.59. The third-order valence-corrected chi connectivity index (χ3v) is 4.30. The van der Waals surface area contributed by atoms with Gasteiger partial charge in [0.25, 0.3) is 0 Å². The lowest BCUT2D eigenvalue weighted by Crippen LogP contribution is -2.57. The molecule has 0 spiro atoms. The van der Waals surface area contributed by atoms with Gasteiger partial charge in [0.1, 0.15) is 0 Å². The summed E-state index contributed by atoms with van der Waals surface area (Å²) in [5.74, 6) is -0.684. The van der Waals surface area contributed by atoms with Crippen LogP contribution in [0.5, 0.6) is 0 Å². The van der Waals surface area contributed by atoms with Crippen molar-refractivity contribution in [2.75, 3.05) is 46.4 Å². The van der Waals surface area contributed by atoms with Crippen LogP contribution >= 0.6 is 0 Å². The topological polar surface area (TPSA) is 53.0 Å². The summed E-state index contributed by atoms with van der Waals surface area (Å²) in [5.41, 5.74) is -0.177. The number of carboxylic acid groups (broad SMARTS) is 1. The zero-order valence-corrected chi connectivity index (χ0v) is 11.2. The Bertz CT molecular complexity index is 280. The first-order valence-corrected chi connectivity index (χ1v) is 6.86. The van der Waals surface area contributed by atoms with Crippen LogP contribution in [0, 0.1) is 0 Å². The van der Waals surface area contributed by atoms with Crippen LogP contribution in [-0.2, 0) is 9.53 Å². The lowest BCUT2D eigenvalue weighted by atomic mass is 9.84. The van der Waals surface area contributed by atoms with Crippen molar-refractivity contribution in [1.29, 1.82) is 0 Å². The van der Waals surface area contributed by atoms with Gasteiger partial charge in [0.15, 0.2) is 0 Å². The van der Waals surface area contributed by atoms with Gasteiger partial charge in [-0.05, 0) is 26.3 Å². The van der Waals surface area contributed by atoms with E-state index < -0.39 is 5.97 Å². The number of piperazine rings is 1. The number of hydrogen-bond donors (Lipinski definition) is 1. The van der Waals surface area contributed by atoms with Crippen LogP contribution in [-0.4, -0.2) is 72.9 Å². The van der Waals surface area contributed by atoms with Crippen molar-refractivity contribution >= 4 is 5.97 Å². The molecule has 0 aromatic heterocycles. The van der Waals surface area contributed by atoms with Crippen molar-refractivity contribution in [3.8, 4) is 0 Å². The molecule has 0 amide bonds. The summed E-state index contributed by atoms with van der Waals surface area (Å²) in [5, 5.41) is 9.23. The van der Waals surface area contributed by atoms with Crippen LogP contribution in [0.25, 0.3) is 0 Å². The molecule has 0 radical (unpaired) electrons. The highest BCUT2D eigenvalue weighted by Gasteiger charge is 2.40. The molecule has 0 aliphatic carbocycles. The van der Waals surface area contributed by atoms with E-state index in [1.807, 2.05) is 0 Å². The Morgan fingerprint density at radius 1 is 1.22 bits per heavy atom. The molecule has 2 aliphatic heterocycles. The molecule has 18 heavy (non-hydrogen) atoms. The van der Waals surface area contributed by atoms with E-state index in [9.17, 15) is 9.90 Å². The first-order valence-electron chi connectivity index (χ1n) is 6.86. The Morgan fingerprint density at radius 3 is 2.61 bits per heavy atom. The maximum absolute atomic E-state index is 11.2. The third kappa shape index (κ3) is 3.22. The molecule has 1 atom stereocenters. The number of likely N-dealkylation sites (N-methyl/N-ethyl adjacent to an activating group) is 1. The Labute approximate surface area is 109 Å². The minimum atomic E-state index is -0.684. The molecule has 5 heteroatoms. The van der Waals surface area contributed by atoms with E-state index in [1.165, 1.54) is 0 Å². The van der Waals surface area contributed by atoms with E-state index in [4.69, 9.17) is 4.74 Å². The molecule has 2 heterocycles. The fourth-order valence-corrected chi connectivity index (χ4v) is 3.16. The largest absolute Gasteiger partial charge is 0.481 e.